The predicted molar refractivity (Wildman–Crippen MR) is 106 cm³/mol. The van der Waals surface area contributed by atoms with Gasteiger partial charge < -0.3 is 15.4 Å². The number of ether oxygens (including phenoxy) is 1. The number of aryl methyl sites for hydroxylation is 1. The molecule has 5 nitrogen and oxygen atoms in total. The Labute approximate surface area is 154 Å². The van der Waals surface area contributed by atoms with Gasteiger partial charge in [-0.3, -0.25) is 0 Å². The van der Waals surface area contributed by atoms with Crippen LogP contribution in [0.1, 0.15) is 19.5 Å². The van der Waals surface area contributed by atoms with Crippen molar-refractivity contribution >= 4 is 17.5 Å². The largest absolute Gasteiger partial charge is 0.457 e. The van der Waals surface area contributed by atoms with Gasteiger partial charge in [0.2, 0.25) is 5.95 Å². The third kappa shape index (κ3) is 5.21. The van der Waals surface area contributed by atoms with Gasteiger partial charge in [-0.05, 0) is 49.2 Å². The van der Waals surface area contributed by atoms with E-state index in [1.807, 2.05) is 67.6 Å². The topological polar surface area (TPSA) is 59.1 Å². The van der Waals surface area contributed by atoms with E-state index in [0.29, 0.717) is 11.9 Å². The van der Waals surface area contributed by atoms with Crippen LogP contribution < -0.4 is 15.4 Å². The smallest absolute Gasteiger partial charge is 0.229 e. The van der Waals surface area contributed by atoms with Gasteiger partial charge in [-0.15, -0.1) is 0 Å². The van der Waals surface area contributed by atoms with Crippen LogP contribution in [0.2, 0.25) is 0 Å². The quantitative estimate of drug-likeness (QED) is 0.599. The van der Waals surface area contributed by atoms with E-state index in [1.54, 1.807) is 0 Å². The van der Waals surface area contributed by atoms with E-state index in [1.165, 1.54) is 0 Å². The summed E-state index contributed by atoms with van der Waals surface area (Å²) in [7, 11) is 0. The molecule has 0 unspecified atom stereocenters. The molecule has 26 heavy (non-hydrogen) atoms. The highest BCUT2D eigenvalue weighted by atomic mass is 16.5. The van der Waals surface area contributed by atoms with Gasteiger partial charge in [0, 0.05) is 24.0 Å². The molecule has 0 saturated carbocycles. The van der Waals surface area contributed by atoms with Crippen molar-refractivity contribution in [3.05, 3.63) is 66.4 Å². The van der Waals surface area contributed by atoms with Crippen LogP contribution in [0.5, 0.6) is 11.5 Å². The summed E-state index contributed by atoms with van der Waals surface area (Å²) in [5.41, 5.74) is 1.82. The number of para-hydroxylation sites is 1. The molecule has 3 rings (SSSR count). The van der Waals surface area contributed by atoms with Crippen molar-refractivity contribution < 1.29 is 4.74 Å². The first-order chi connectivity index (χ1) is 12.6. The molecule has 1 aromatic heterocycles. The van der Waals surface area contributed by atoms with Crippen molar-refractivity contribution in [2.45, 2.75) is 20.8 Å². The lowest BCUT2D eigenvalue weighted by Gasteiger charge is -2.12. The normalized spacial score (nSPS) is 10.6. The molecular weight excluding hydrogens is 324 g/mol. The van der Waals surface area contributed by atoms with Crippen LogP contribution >= 0.6 is 0 Å². The second-order valence-electron chi connectivity index (χ2n) is 6.56. The zero-order valence-corrected chi connectivity index (χ0v) is 15.4. The molecule has 1 heterocycles. The van der Waals surface area contributed by atoms with Crippen LogP contribution in [0.3, 0.4) is 0 Å². The van der Waals surface area contributed by atoms with Crippen LogP contribution in [0.25, 0.3) is 0 Å². The maximum atomic E-state index is 5.81. The fourth-order valence-corrected chi connectivity index (χ4v) is 2.38. The van der Waals surface area contributed by atoms with Crippen molar-refractivity contribution in [1.82, 2.24) is 9.97 Å². The number of hydrogen-bond acceptors (Lipinski definition) is 5. The molecule has 0 aliphatic rings. The van der Waals surface area contributed by atoms with Crippen LogP contribution in [-0.4, -0.2) is 16.5 Å². The summed E-state index contributed by atoms with van der Waals surface area (Å²) in [6.45, 7) is 7.17. The lowest BCUT2D eigenvalue weighted by Crippen LogP contribution is -2.10. The van der Waals surface area contributed by atoms with Gasteiger partial charge in [0.15, 0.2) is 0 Å². The second kappa shape index (κ2) is 8.34. The number of benzene rings is 2. The molecule has 0 fully saturated rings. The molecule has 2 N–H and O–H groups in total. The SMILES string of the molecule is Cc1cc(NCC(C)C)nc(Nc2ccc(Oc3ccccc3)cc2)n1. The monoisotopic (exact) mass is 348 g/mol. The molecule has 0 amide bonds. The van der Waals surface area contributed by atoms with Gasteiger partial charge in [0.25, 0.3) is 0 Å². The van der Waals surface area contributed by atoms with E-state index in [0.717, 1.165) is 35.2 Å². The molecular formula is C21H24N4O. The van der Waals surface area contributed by atoms with Crippen LogP contribution in [0, 0.1) is 12.8 Å². The van der Waals surface area contributed by atoms with Crippen molar-refractivity contribution in [2.24, 2.45) is 5.92 Å². The summed E-state index contributed by atoms with van der Waals surface area (Å²) >= 11 is 0. The Hall–Kier alpha value is -3.08. The number of nitrogens with one attached hydrogen (secondary N) is 2. The van der Waals surface area contributed by atoms with E-state index in [4.69, 9.17) is 4.74 Å². The highest BCUT2D eigenvalue weighted by Gasteiger charge is 2.04. The number of rotatable bonds is 7. The Morgan fingerprint density at radius 2 is 1.62 bits per heavy atom. The molecule has 3 aromatic rings. The summed E-state index contributed by atoms with van der Waals surface area (Å²) in [6.07, 6.45) is 0. The van der Waals surface area contributed by atoms with Gasteiger partial charge in [0.05, 0.1) is 0 Å². The summed E-state index contributed by atoms with van der Waals surface area (Å²) in [6, 6.07) is 19.4. The van der Waals surface area contributed by atoms with E-state index in [9.17, 15) is 0 Å². The van der Waals surface area contributed by atoms with Crippen LogP contribution in [-0.2, 0) is 0 Å². The highest BCUT2D eigenvalue weighted by molar-refractivity contribution is 5.56. The minimum atomic E-state index is 0.554. The maximum absolute atomic E-state index is 5.81. The average molecular weight is 348 g/mol. The van der Waals surface area contributed by atoms with E-state index in [2.05, 4.69) is 34.4 Å². The Bertz CT molecular complexity index is 832. The van der Waals surface area contributed by atoms with E-state index < -0.39 is 0 Å². The molecule has 0 saturated heterocycles. The van der Waals surface area contributed by atoms with Crippen molar-refractivity contribution in [1.29, 1.82) is 0 Å². The minimum Gasteiger partial charge on any atom is -0.457 e. The second-order valence-corrected chi connectivity index (χ2v) is 6.56. The predicted octanol–water partition coefficient (Wildman–Crippen LogP) is 5.39. The first-order valence-electron chi connectivity index (χ1n) is 8.78. The van der Waals surface area contributed by atoms with E-state index >= 15 is 0 Å². The minimum absolute atomic E-state index is 0.554. The standard InChI is InChI=1S/C21H24N4O/c1-15(2)14-22-20-13-16(3)23-21(25-20)24-17-9-11-19(12-10-17)26-18-7-5-4-6-8-18/h4-13,15H,14H2,1-3H3,(H2,22,23,24,25). The third-order valence-electron chi connectivity index (χ3n) is 3.64. The average Bonchev–Trinajstić information content (AvgIpc) is 2.62. The number of anilines is 3. The van der Waals surface area contributed by atoms with Gasteiger partial charge in [-0.2, -0.15) is 4.98 Å². The van der Waals surface area contributed by atoms with Crippen molar-refractivity contribution in [3.63, 3.8) is 0 Å². The maximum Gasteiger partial charge on any atom is 0.229 e. The van der Waals surface area contributed by atoms with Crippen LogP contribution in [0.15, 0.2) is 60.7 Å². The number of nitrogens with zero attached hydrogens (tertiary/aromatic N) is 2. The van der Waals surface area contributed by atoms with E-state index in [-0.39, 0.29) is 0 Å². The Balaban J connectivity index is 1.67. The number of hydrogen-bond donors (Lipinski definition) is 2. The molecule has 2 aromatic carbocycles. The lowest BCUT2D eigenvalue weighted by molar-refractivity contribution is 0.483. The fraction of sp³-hybridized carbons (Fsp3) is 0.238. The van der Waals surface area contributed by atoms with Crippen molar-refractivity contribution in [3.8, 4) is 11.5 Å². The molecule has 0 spiro atoms. The summed E-state index contributed by atoms with van der Waals surface area (Å²) in [5.74, 6) is 3.56. The van der Waals surface area contributed by atoms with Gasteiger partial charge in [-0.1, -0.05) is 32.0 Å². The molecule has 0 atom stereocenters. The molecule has 0 aliphatic carbocycles. The van der Waals surface area contributed by atoms with Gasteiger partial charge in [0.1, 0.15) is 17.3 Å². The first-order valence-corrected chi connectivity index (χ1v) is 8.78. The first kappa shape index (κ1) is 17.7. The summed E-state index contributed by atoms with van der Waals surface area (Å²) in [4.78, 5) is 8.98. The molecule has 5 heteroatoms. The summed E-state index contributed by atoms with van der Waals surface area (Å²) in [5, 5.41) is 6.58. The molecule has 134 valence electrons. The van der Waals surface area contributed by atoms with Crippen LogP contribution in [0.4, 0.5) is 17.5 Å². The zero-order valence-electron chi connectivity index (χ0n) is 15.4. The van der Waals surface area contributed by atoms with Gasteiger partial charge in [-0.25, -0.2) is 4.98 Å². The Morgan fingerprint density at radius 3 is 2.31 bits per heavy atom. The lowest BCUT2D eigenvalue weighted by atomic mass is 10.2. The van der Waals surface area contributed by atoms with Gasteiger partial charge >= 0.3 is 0 Å². The highest BCUT2D eigenvalue weighted by Crippen LogP contribution is 2.24. The zero-order chi connectivity index (χ0) is 18.4. The molecule has 0 radical (unpaired) electrons. The number of aromatic nitrogens is 2. The Kier molecular flexibility index (Phi) is 5.69. The Morgan fingerprint density at radius 1 is 0.923 bits per heavy atom. The molecule has 0 aliphatic heterocycles. The fourth-order valence-electron chi connectivity index (χ4n) is 2.38. The third-order valence-corrected chi connectivity index (χ3v) is 3.64. The van der Waals surface area contributed by atoms with Crippen molar-refractivity contribution in [2.75, 3.05) is 17.2 Å². The molecule has 0 bridgehead atoms. The summed E-state index contributed by atoms with van der Waals surface area (Å²) < 4.78 is 5.81.